The van der Waals surface area contributed by atoms with E-state index in [1.807, 2.05) is 7.05 Å². The van der Waals surface area contributed by atoms with Gasteiger partial charge in [0.1, 0.15) is 5.82 Å². The highest BCUT2D eigenvalue weighted by molar-refractivity contribution is 5.98. The molecule has 164 valence electrons. The highest BCUT2D eigenvalue weighted by Crippen LogP contribution is 2.27. The van der Waals surface area contributed by atoms with E-state index in [9.17, 15) is 9.18 Å². The Labute approximate surface area is 181 Å². The fourth-order valence-electron chi connectivity index (χ4n) is 3.64. The molecule has 0 spiro atoms. The minimum absolute atomic E-state index is 0.0213. The van der Waals surface area contributed by atoms with Gasteiger partial charge in [0, 0.05) is 24.0 Å². The van der Waals surface area contributed by atoms with Crippen LogP contribution in [0.2, 0.25) is 0 Å². The van der Waals surface area contributed by atoms with E-state index in [1.165, 1.54) is 6.20 Å². The maximum absolute atomic E-state index is 14.7. The van der Waals surface area contributed by atoms with Crippen molar-refractivity contribution in [2.75, 3.05) is 17.7 Å². The van der Waals surface area contributed by atoms with Gasteiger partial charge in [-0.25, -0.2) is 9.37 Å². The average molecular weight is 426 g/mol. The van der Waals surface area contributed by atoms with Crippen molar-refractivity contribution in [3.8, 4) is 0 Å². The molecule has 31 heavy (non-hydrogen) atoms. The third kappa shape index (κ3) is 5.79. The molecule has 0 bridgehead atoms. The summed E-state index contributed by atoms with van der Waals surface area (Å²) in [5, 5.41) is 9.54. The van der Waals surface area contributed by atoms with Crippen LogP contribution < -0.4 is 27.4 Å². The molecular formula is C22H28FN7O. The lowest BCUT2D eigenvalue weighted by Gasteiger charge is -2.32. The van der Waals surface area contributed by atoms with Crippen molar-refractivity contribution in [1.29, 1.82) is 0 Å². The van der Waals surface area contributed by atoms with E-state index in [2.05, 4.69) is 25.9 Å². The molecule has 1 aromatic carbocycles. The molecule has 2 aromatic rings. The van der Waals surface area contributed by atoms with Gasteiger partial charge in [0.15, 0.2) is 11.6 Å². The van der Waals surface area contributed by atoms with Crippen LogP contribution in [-0.4, -0.2) is 36.2 Å². The Morgan fingerprint density at radius 3 is 2.55 bits per heavy atom. The van der Waals surface area contributed by atoms with Crippen molar-refractivity contribution in [1.82, 2.24) is 10.3 Å². The number of nitrogens with zero attached hydrogens (tertiary/aromatic N) is 2. The van der Waals surface area contributed by atoms with Crippen LogP contribution in [0.5, 0.6) is 0 Å². The maximum atomic E-state index is 14.7. The zero-order valence-corrected chi connectivity index (χ0v) is 17.4. The second-order valence-corrected chi connectivity index (χ2v) is 7.34. The number of anilines is 3. The number of hydrogen-bond acceptors (Lipinski definition) is 7. The van der Waals surface area contributed by atoms with Crippen molar-refractivity contribution in [2.24, 2.45) is 16.5 Å². The van der Waals surface area contributed by atoms with Crippen molar-refractivity contribution in [3.63, 3.8) is 0 Å². The van der Waals surface area contributed by atoms with Crippen LogP contribution in [0.4, 0.5) is 27.4 Å². The Kier molecular flexibility index (Phi) is 7.55. The fourth-order valence-corrected chi connectivity index (χ4v) is 3.64. The SMILES string of the molecule is CN[C@H]1CCCC[C@H]1Nc1nc(Nc2ccc(N=CC=CN)cc2)c(C(N)=O)cc1F. The summed E-state index contributed by atoms with van der Waals surface area (Å²) in [7, 11) is 1.90. The summed E-state index contributed by atoms with van der Waals surface area (Å²) in [6, 6.07) is 8.52. The van der Waals surface area contributed by atoms with E-state index in [0.717, 1.165) is 37.4 Å². The Hall–Kier alpha value is -3.46. The van der Waals surface area contributed by atoms with Crippen molar-refractivity contribution in [2.45, 2.75) is 37.8 Å². The number of amides is 1. The first-order valence-corrected chi connectivity index (χ1v) is 10.2. The van der Waals surface area contributed by atoms with Gasteiger partial charge < -0.3 is 27.4 Å². The number of aromatic nitrogens is 1. The van der Waals surface area contributed by atoms with E-state index < -0.39 is 11.7 Å². The number of carbonyl (C=O) groups is 1. The predicted molar refractivity (Wildman–Crippen MR) is 123 cm³/mol. The summed E-state index contributed by atoms with van der Waals surface area (Å²) < 4.78 is 14.7. The first-order chi connectivity index (χ1) is 15.0. The standard InChI is InChI=1S/C22H28FN7O/c1-26-18-5-2-3-6-19(18)29-22-17(23)13-16(20(25)31)21(30-22)28-15-9-7-14(8-10-15)27-12-4-11-24/h4,7-13,18-19,26H,2-3,5-6,24H2,1H3,(H2,25,31)(H2,28,29,30)/t18-,19+/m0/s1. The van der Waals surface area contributed by atoms with Gasteiger partial charge in [-0.15, -0.1) is 0 Å². The van der Waals surface area contributed by atoms with Gasteiger partial charge in [0.25, 0.3) is 5.91 Å². The molecule has 8 nitrogen and oxygen atoms in total. The van der Waals surface area contributed by atoms with Crippen LogP contribution in [-0.2, 0) is 0 Å². The number of aliphatic imine (C=N–C) groups is 1. The molecule has 1 saturated carbocycles. The molecule has 0 aliphatic heterocycles. The number of allylic oxidation sites excluding steroid dienone is 1. The summed E-state index contributed by atoms with van der Waals surface area (Å²) in [5.41, 5.74) is 12.1. The number of nitrogens with one attached hydrogen (secondary N) is 3. The summed E-state index contributed by atoms with van der Waals surface area (Å²) in [4.78, 5) is 20.5. The molecule has 1 heterocycles. The molecule has 0 saturated heterocycles. The lowest BCUT2D eigenvalue weighted by Crippen LogP contribution is -2.45. The first kappa shape index (κ1) is 22.2. The van der Waals surface area contributed by atoms with Crippen LogP contribution >= 0.6 is 0 Å². The van der Waals surface area contributed by atoms with E-state index in [1.54, 1.807) is 36.6 Å². The quantitative estimate of drug-likeness (QED) is 0.413. The molecule has 2 atom stereocenters. The largest absolute Gasteiger partial charge is 0.405 e. The van der Waals surface area contributed by atoms with E-state index in [-0.39, 0.29) is 29.3 Å². The molecule has 3 rings (SSSR count). The summed E-state index contributed by atoms with van der Waals surface area (Å²) in [6.07, 6.45) is 8.71. The lowest BCUT2D eigenvalue weighted by atomic mass is 9.90. The monoisotopic (exact) mass is 425 g/mol. The lowest BCUT2D eigenvalue weighted by molar-refractivity contribution is 0.100. The molecular weight excluding hydrogens is 397 g/mol. The smallest absolute Gasteiger partial charge is 0.252 e. The van der Waals surface area contributed by atoms with Gasteiger partial charge in [-0.3, -0.25) is 9.79 Å². The summed E-state index contributed by atoms with van der Waals surface area (Å²) in [5.74, 6) is -1.09. The van der Waals surface area contributed by atoms with Crippen LogP contribution in [0.15, 0.2) is 47.6 Å². The van der Waals surface area contributed by atoms with Crippen molar-refractivity contribution < 1.29 is 9.18 Å². The molecule has 1 aliphatic carbocycles. The number of halogens is 1. The van der Waals surface area contributed by atoms with E-state index in [0.29, 0.717) is 5.69 Å². The highest BCUT2D eigenvalue weighted by Gasteiger charge is 2.26. The Morgan fingerprint density at radius 2 is 1.90 bits per heavy atom. The average Bonchev–Trinajstić information content (AvgIpc) is 2.77. The maximum Gasteiger partial charge on any atom is 0.252 e. The number of rotatable bonds is 8. The normalized spacial score (nSPS) is 19.0. The number of likely N-dealkylation sites (N-methyl/N-ethyl adjacent to an activating group) is 1. The Balaban J connectivity index is 1.84. The van der Waals surface area contributed by atoms with E-state index >= 15 is 0 Å². The number of pyridine rings is 1. The molecule has 7 N–H and O–H groups in total. The fraction of sp³-hybridized carbons (Fsp3) is 0.318. The molecule has 1 aromatic heterocycles. The van der Waals surface area contributed by atoms with Gasteiger partial charge in [0.2, 0.25) is 0 Å². The number of primary amides is 1. The zero-order chi connectivity index (χ0) is 22.2. The molecule has 9 heteroatoms. The van der Waals surface area contributed by atoms with Crippen molar-refractivity contribution in [3.05, 3.63) is 54.0 Å². The van der Waals surface area contributed by atoms with Gasteiger partial charge in [-0.05, 0) is 62.5 Å². The molecule has 1 amide bonds. The predicted octanol–water partition coefficient (Wildman–Crippen LogP) is 3.18. The molecule has 1 aliphatic rings. The van der Waals surface area contributed by atoms with E-state index in [4.69, 9.17) is 11.5 Å². The molecule has 1 fully saturated rings. The second-order valence-electron chi connectivity index (χ2n) is 7.34. The number of hydrogen-bond donors (Lipinski definition) is 5. The zero-order valence-electron chi connectivity index (χ0n) is 17.4. The minimum Gasteiger partial charge on any atom is -0.405 e. The third-order valence-corrected chi connectivity index (χ3v) is 5.25. The molecule has 0 radical (unpaired) electrons. The number of nitrogens with two attached hydrogens (primary N) is 2. The highest BCUT2D eigenvalue weighted by atomic mass is 19.1. The van der Waals surface area contributed by atoms with Gasteiger partial charge in [-0.1, -0.05) is 12.8 Å². The summed E-state index contributed by atoms with van der Waals surface area (Å²) in [6.45, 7) is 0. The van der Waals surface area contributed by atoms with Crippen LogP contribution in [0.3, 0.4) is 0 Å². The topological polar surface area (TPSA) is 130 Å². The van der Waals surface area contributed by atoms with Gasteiger partial charge in [0.05, 0.1) is 11.3 Å². The first-order valence-electron chi connectivity index (χ1n) is 10.2. The van der Waals surface area contributed by atoms with Crippen LogP contribution in [0.1, 0.15) is 36.0 Å². The van der Waals surface area contributed by atoms with Gasteiger partial charge in [-0.2, -0.15) is 0 Å². The Morgan fingerprint density at radius 1 is 1.19 bits per heavy atom. The summed E-state index contributed by atoms with van der Waals surface area (Å²) >= 11 is 0. The van der Waals surface area contributed by atoms with Crippen molar-refractivity contribution >= 4 is 35.1 Å². The molecule has 0 unspecified atom stereocenters. The van der Waals surface area contributed by atoms with Crippen LogP contribution in [0.25, 0.3) is 0 Å². The second kappa shape index (κ2) is 10.5. The Bertz CT molecular complexity index is 959. The minimum atomic E-state index is -0.763. The third-order valence-electron chi connectivity index (χ3n) is 5.25. The van der Waals surface area contributed by atoms with Crippen LogP contribution in [0, 0.1) is 5.82 Å². The number of benzene rings is 1. The van der Waals surface area contributed by atoms with Gasteiger partial charge >= 0.3 is 0 Å². The number of carbonyl (C=O) groups excluding carboxylic acids is 1.